The Hall–Kier alpha value is -2.83. The van der Waals surface area contributed by atoms with Gasteiger partial charge in [0.2, 0.25) is 0 Å². The molecule has 0 amide bonds. The van der Waals surface area contributed by atoms with Crippen LogP contribution >= 0.6 is 0 Å². The maximum Gasteiger partial charge on any atom is 0.289 e. The van der Waals surface area contributed by atoms with Crippen molar-refractivity contribution >= 4 is 17.4 Å². The fourth-order valence-electron chi connectivity index (χ4n) is 2.04. The second kappa shape index (κ2) is 5.28. The third-order valence-electron chi connectivity index (χ3n) is 3.08. The van der Waals surface area contributed by atoms with Gasteiger partial charge in [0.25, 0.3) is 11.7 Å². The molecule has 1 aromatic heterocycles. The van der Waals surface area contributed by atoms with Gasteiger partial charge in [0, 0.05) is 23.4 Å². The third kappa shape index (κ3) is 2.86. The number of fused-ring (bicyclic) bond motifs is 1. The molecular weight excluding hydrogens is 274 g/mol. The molecule has 7 nitrogen and oxygen atoms in total. The number of nitro groups is 1. The van der Waals surface area contributed by atoms with Crippen LogP contribution in [0.15, 0.2) is 39.7 Å². The number of non-ortho nitro benzene ring substituents is 1. The molecule has 7 heteroatoms. The van der Waals surface area contributed by atoms with Crippen LogP contribution in [-0.4, -0.2) is 10.9 Å². The maximum atomic E-state index is 10.7. The van der Waals surface area contributed by atoms with Crippen molar-refractivity contribution in [2.75, 3.05) is 5.32 Å². The van der Waals surface area contributed by atoms with Gasteiger partial charge in [-0.25, -0.2) is 4.99 Å². The zero-order valence-corrected chi connectivity index (χ0v) is 11.3. The molecule has 2 aromatic rings. The van der Waals surface area contributed by atoms with E-state index in [-0.39, 0.29) is 12.3 Å². The Morgan fingerprint density at radius 2 is 2.24 bits per heavy atom. The minimum Gasteiger partial charge on any atom is -0.464 e. The fraction of sp³-hybridized carbons (Fsp3) is 0.214. The monoisotopic (exact) mass is 287 g/mol. The molecule has 0 unspecified atom stereocenters. The van der Waals surface area contributed by atoms with Crippen molar-refractivity contribution in [1.82, 2.24) is 0 Å². The molecule has 21 heavy (non-hydrogen) atoms. The molecule has 0 radical (unpaired) electrons. The van der Waals surface area contributed by atoms with Crippen LogP contribution in [0.2, 0.25) is 0 Å². The van der Waals surface area contributed by atoms with Gasteiger partial charge in [0.15, 0.2) is 0 Å². The highest BCUT2D eigenvalue weighted by molar-refractivity contribution is 5.91. The largest absolute Gasteiger partial charge is 0.464 e. The van der Waals surface area contributed by atoms with Crippen LogP contribution in [0.1, 0.15) is 17.1 Å². The number of amidine groups is 1. The van der Waals surface area contributed by atoms with Crippen LogP contribution in [0.4, 0.5) is 11.4 Å². The van der Waals surface area contributed by atoms with Gasteiger partial charge >= 0.3 is 0 Å². The summed E-state index contributed by atoms with van der Waals surface area (Å²) in [6.45, 7) is 2.49. The number of furan rings is 1. The van der Waals surface area contributed by atoms with Gasteiger partial charge in [0.05, 0.1) is 4.92 Å². The maximum absolute atomic E-state index is 10.7. The molecule has 0 aliphatic carbocycles. The highest BCUT2D eigenvalue weighted by Crippen LogP contribution is 2.26. The number of anilines is 1. The molecule has 0 fully saturated rings. The van der Waals surface area contributed by atoms with Crippen LogP contribution in [-0.2, 0) is 17.9 Å². The standard InChI is InChI=1S/C14H13N3O4/c1-9-2-4-12(21-9)7-15-14-16-13-5-3-11(17(18)19)6-10(13)8-20-14/h2-6H,7-8H2,1H3,(H,15,16). The topological polar surface area (TPSA) is 89.9 Å². The minimum absolute atomic E-state index is 0.0469. The molecule has 108 valence electrons. The van der Waals surface area contributed by atoms with Crippen molar-refractivity contribution in [1.29, 1.82) is 0 Å². The molecule has 0 bridgehead atoms. The smallest absolute Gasteiger partial charge is 0.289 e. The summed E-state index contributed by atoms with van der Waals surface area (Å²) in [4.78, 5) is 14.6. The zero-order valence-electron chi connectivity index (χ0n) is 11.3. The number of aliphatic imine (C=N–C) groups is 1. The molecule has 2 heterocycles. The van der Waals surface area contributed by atoms with Crippen LogP contribution in [0.5, 0.6) is 0 Å². The van der Waals surface area contributed by atoms with Gasteiger partial charge in [-0.3, -0.25) is 10.1 Å². The summed E-state index contributed by atoms with van der Waals surface area (Å²) >= 11 is 0. The lowest BCUT2D eigenvalue weighted by atomic mass is 10.1. The van der Waals surface area contributed by atoms with Crippen LogP contribution in [0.3, 0.4) is 0 Å². The summed E-state index contributed by atoms with van der Waals surface area (Å²) in [6, 6.07) is 8.71. The van der Waals surface area contributed by atoms with E-state index in [1.54, 1.807) is 6.07 Å². The van der Waals surface area contributed by atoms with E-state index in [1.807, 2.05) is 19.1 Å². The molecule has 0 atom stereocenters. The van der Waals surface area contributed by atoms with Crippen molar-refractivity contribution in [3.63, 3.8) is 0 Å². The van der Waals surface area contributed by atoms with Crippen molar-refractivity contribution in [3.8, 4) is 0 Å². The quantitative estimate of drug-likeness (QED) is 0.692. The molecule has 1 aliphatic heterocycles. The average molecular weight is 287 g/mol. The lowest BCUT2D eigenvalue weighted by Gasteiger charge is -2.20. The normalized spacial score (nSPS) is 15.2. The van der Waals surface area contributed by atoms with Crippen molar-refractivity contribution in [2.24, 2.45) is 4.99 Å². The van der Waals surface area contributed by atoms with Crippen molar-refractivity contribution < 1.29 is 14.1 Å². The van der Waals surface area contributed by atoms with Gasteiger partial charge in [0.1, 0.15) is 24.7 Å². The van der Waals surface area contributed by atoms with Crippen molar-refractivity contribution in [3.05, 3.63) is 57.5 Å². The number of rotatable bonds is 3. The van der Waals surface area contributed by atoms with E-state index in [2.05, 4.69) is 10.3 Å². The van der Waals surface area contributed by atoms with Crippen LogP contribution in [0.25, 0.3) is 0 Å². The lowest BCUT2D eigenvalue weighted by molar-refractivity contribution is -0.384. The van der Waals surface area contributed by atoms with E-state index in [4.69, 9.17) is 9.15 Å². The molecule has 1 aliphatic rings. The summed E-state index contributed by atoms with van der Waals surface area (Å²) in [6.07, 6.45) is 0. The Labute approximate surface area is 120 Å². The second-order valence-electron chi connectivity index (χ2n) is 4.65. The lowest BCUT2D eigenvalue weighted by Crippen LogP contribution is -2.22. The summed E-state index contributed by atoms with van der Waals surface area (Å²) in [5.41, 5.74) is 1.55. The van der Waals surface area contributed by atoms with E-state index in [0.717, 1.165) is 22.8 Å². The summed E-state index contributed by atoms with van der Waals surface area (Å²) in [5, 5.41) is 13.7. The number of ether oxygens (including phenoxy) is 1. The third-order valence-corrected chi connectivity index (χ3v) is 3.08. The van der Waals surface area contributed by atoms with E-state index >= 15 is 0 Å². The molecular formula is C14H13N3O4. The van der Waals surface area contributed by atoms with Crippen molar-refractivity contribution in [2.45, 2.75) is 20.1 Å². The molecule has 0 saturated heterocycles. The number of nitro benzene ring substituents is 1. The van der Waals surface area contributed by atoms with Gasteiger partial charge in [-0.2, -0.15) is 0 Å². The average Bonchev–Trinajstić information content (AvgIpc) is 2.90. The number of aryl methyl sites for hydroxylation is 1. The van der Waals surface area contributed by atoms with Gasteiger partial charge in [-0.1, -0.05) is 0 Å². The number of nitrogens with zero attached hydrogens (tertiary/aromatic N) is 2. The number of benzene rings is 1. The van der Waals surface area contributed by atoms with Gasteiger partial charge in [-0.05, 0) is 25.1 Å². The van der Waals surface area contributed by atoms with E-state index in [1.165, 1.54) is 12.1 Å². The van der Waals surface area contributed by atoms with E-state index < -0.39 is 4.92 Å². The zero-order chi connectivity index (χ0) is 14.8. The Kier molecular flexibility index (Phi) is 3.31. The molecule has 1 aromatic carbocycles. The number of nitrogens with one attached hydrogen (secondary N) is 1. The highest BCUT2D eigenvalue weighted by atomic mass is 16.6. The Morgan fingerprint density at radius 1 is 1.38 bits per heavy atom. The summed E-state index contributed by atoms with van der Waals surface area (Å²) in [5.74, 6) is 1.58. The Bertz CT molecular complexity index is 721. The SMILES string of the molecule is Cc1ccc(CN=C2Nc3ccc([N+](=O)[O-])cc3CO2)o1. The molecule has 0 saturated carbocycles. The Morgan fingerprint density at radius 3 is 2.95 bits per heavy atom. The highest BCUT2D eigenvalue weighted by Gasteiger charge is 2.17. The van der Waals surface area contributed by atoms with Crippen LogP contribution in [0, 0.1) is 17.0 Å². The van der Waals surface area contributed by atoms with E-state index in [0.29, 0.717) is 12.6 Å². The number of hydrogen-bond acceptors (Lipinski definition) is 5. The first-order valence-corrected chi connectivity index (χ1v) is 6.39. The first kappa shape index (κ1) is 13.2. The summed E-state index contributed by atoms with van der Waals surface area (Å²) < 4.78 is 10.9. The first-order valence-electron chi connectivity index (χ1n) is 6.39. The minimum atomic E-state index is -0.427. The second-order valence-corrected chi connectivity index (χ2v) is 4.65. The molecule has 1 N–H and O–H groups in total. The predicted molar refractivity (Wildman–Crippen MR) is 76.1 cm³/mol. The number of hydrogen-bond donors (Lipinski definition) is 1. The summed E-state index contributed by atoms with van der Waals surface area (Å²) in [7, 11) is 0. The van der Waals surface area contributed by atoms with Crippen LogP contribution < -0.4 is 5.32 Å². The first-order chi connectivity index (χ1) is 10.1. The Balaban J connectivity index is 1.73. The molecule has 0 spiro atoms. The van der Waals surface area contributed by atoms with Gasteiger partial charge < -0.3 is 14.5 Å². The molecule has 3 rings (SSSR count). The van der Waals surface area contributed by atoms with E-state index in [9.17, 15) is 10.1 Å². The predicted octanol–water partition coefficient (Wildman–Crippen LogP) is 2.99. The van der Waals surface area contributed by atoms with Gasteiger partial charge in [-0.15, -0.1) is 0 Å². The fourth-order valence-corrected chi connectivity index (χ4v) is 2.04.